The first-order valence-corrected chi connectivity index (χ1v) is 24.2. The molecule has 0 aliphatic heterocycles. The Labute approximate surface area is 342 Å². The summed E-state index contributed by atoms with van der Waals surface area (Å²) in [6.07, 6.45) is 41.0. The molecule has 0 aromatic heterocycles. The summed E-state index contributed by atoms with van der Waals surface area (Å²) in [4.78, 5) is 37.7. The van der Waals surface area contributed by atoms with Gasteiger partial charge in [-0.3, -0.25) is 14.4 Å². The molecule has 0 N–H and O–H groups in total. The third-order valence-electron chi connectivity index (χ3n) is 11.0. The summed E-state index contributed by atoms with van der Waals surface area (Å²) in [5.41, 5.74) is 0. The normalized spacial score (nSPS) is 12.1. The molecule has 6 nitrogen and oxygen atoms in total. The predicted octanol–water partition coefficient (Wildman–Crippen LogP) is 15.4. The monoisotopic (exact) mass is 779 g/mol. The Bertz CT molecular complexity index is 839. The SMILES string of the molecule is CCCCCCCCCCCC(=O)OC[C@H](COC(=O)CCCCCCCCCCCCCCCCC(C)C)OC(=O)CCCCCCCCCCC(C)C. The minimum Gasteiger partial charge on any atom is -0.462 e. The lowest BCUT2D eigenvalue weighted by atomic mass is 10.0. The smallest absolute Gasteiger partial charge is 0.306 e. The first kappa shape index (κ1) is 53.4. The summed E-state index contributed by atoms with van der Waals surface area (Å²) in [6, 6.07) is 0. The van der Waals surface area contributed by atoms with Crippen molar-refractivity contribution in [3.8, 4) is 0 Å². The van der Waals surface area contributed by atoms with Gasteiger partial charge in [-0.05, 0) is 31.1 Å². The molecule has 0 aliphatic rings. The summed E-state index contributed by atoms with van der Waals surface area (Å²) >= 11 is 0. The standard InChI is InChI=1S/C49H94O6/c1-6-7-8-9-10-17-24-29-34-39-47(50)53-42-46(55-49(52)41-36-31-26-21-20-23-28-33-38-45(4)5)43-54-48(51)40-35-30-25-19-16-14-12-11-13-15-18-22-27-32-37-44(2)3/h44-46H,6-43H2,1-5H3/t46-/m1/s1. The van der Waals surface area contributed by atoms with Crippen LogP contribution in [0.2, 0.25) is 0 Å². The van der Waals surface area contributed by atoms with Crippen LogP contribution in [0.15, 0.2) is 0 Å². The van der Waals surface area contributed by atoms with E-state index in [-0.39, 0.29) is 31.1 Å². The third kappa shape index (κ3) is 43.4. The molecule has 0 aliphatic carbocycles. The van der Waals surface area contributed by atoms with Crippen LogP contribution in [0, 0.1) is 11.8 Å². The highest BCUT2D eigenvalue weighted by molar-refractivity contribution is 5.71. The van der Waals surface area contributed by atoms with Gasteiger partial charge in [0.05, 0.1) is 0 Å². The second kappa shape index (κ2) is 42.0. The van der Waals surface area contributed by atoms with E-state index in [1.54, 1.807) is 0 Å². The molecule has 0 radical (unpaired) electrons. The molecule has 0 heterocycles. The zero-order valence-corrected chi connectivity index (χ0v) is 37.6. The largest absolute Gasteiger partial charge is 0.462 e. The van der Waals surface area contributed by atoms with Crippen molar-refractivity contribution >= 4 is 17.9 Å². The van der Waals surface area contributed by atoms with E-state index in [9.17, 15) is 14.4 Å². The maximum atomic E-state index is 12.7. The molecule has 6 heteroatoms. The maximum Gasteiger partial charge on any atom is 0.306 e. The van der Waals surface area contributed by atoms with E-state index in [1.165, 1.54) is 154 Å². The van der Waals surface area contributed by atoms with Gasteiger partial charge in [0.2, 0.25) is 0 Å². The van der Waals surface area contributed by atoms with Crippen LogP contribution >= 0.6 is 0 Å². The molecule has 0 saturated heterocycles. The molecule has 0 spiro atoms. The summed E-state index contributed by atoms with van der Waals surface area (Å²) in [5.74, 6) is 0.781. The second-order valence-corrected chi connectivity index (χ2v) is 17.7. The number of hydrogen-bond donors (Lipinski definition) is 0. The molecule has 0 aromatic rings. The fourth-order valence-corrected chi connectivity index (χ4v) is 7.28. The van der Waals surface area contributed by atoms with Gasteiger partial charge in [-0.25, -0.2) is 0 Å². The van der Waals surface area contributed by atoms with Gasteiger partial charge in [0.25, 0.3) is 0 Å². The highest BCUT2D eigenvalue weighted by Crippen LogP contribution is 2.17. The minimum absolute atomic E-state index is 0.0647. The Hall–Kier alpha value is -1.59. The van der Waals surface area contributed by atoms with Crippen molar-refractivity contribution < 1.29 is 28.6 Å². The van der Waals surface area contributed by atoms with Gasteiger partial charge in [-0.15, -0.1) is 0 Å². The number of esters is 3. The van der Waals surface area contributed by atoms with Crippen LogP contribution in [-0.2, 0) is 28.6 Å². The minimum atomic E-state index is -0.760. The van der Waals surface area contributed by atoms with Crippen LogP contribution in [0.25, 0.3) is 0 Å². The lowest BCUT2D eigenvalue weighted by Crippen LogP contribution is -2.30. The van der Waals surface area contributed by atoms with Crippen molar-refractivity contribution in [1.29, 1.82) is 0 Å². The van der Waals surface area contributed by atoms with Gasteiger partial charge in [0, 0.05) is 19.3 Å². The maximum absolute atomic E-state index is 12.7. The van der Waals surface area contributed by atoms with E-state index >= 15 is 0 Å². The van der Waals surface area contributed by atoms with Crippen molar-refractivity contribution in [3.05, 3.63) is 0 Å². The van der Waals surface area contributed by atoms with Crippen LogP contribution < -0.4 is 0 Å². The van der Waals surface area contributed by atoms with Gasteiger partial charge in [-0.2, -0.15) is 0 Å². The Morgan fingerprint density at radius 2 is 0.600 bits per heavy atom. The van der Waals surface area contributed by atoms with Gasteiger partial charge in [-0.1, -0.05) is 227 Å². The molecule has 1 atom stereocenters. The first-order chi connectivity index (χ1) is 26.7. The zero-order chi connectivity index (χ0) is 40.5. The highest BCUT2D eigenvalue weighted by atomic mass is 16.6. The van der Waals surface area contributed by atoms with Crippen LogP contribution in [0.3, 0.4) is 0 Å². The van der Waals surface area contributed by atoms with Crippen LogP contribution in [0.5, 0.6) is 0 Å². The molecule has 0 fully saturated rings. The molecule has 55 heavy (non-hydrogen) atoms. The van der Waals surface area contributed by atoms with Crippen LogP contribution in [0.4, 0.5) is 0 Å². The predicted molar refractivity (Wildman–Crippen MR) is 233 cm³/mol. The second-order valence-electron chi connectivity index (χ2n) is 17.7. The Morgan fingerprint density at radius 3 is 0.891 bits per heavy atom. The molecular formula is C49H94O6. The lowest BCUT2D eigenvalue weighted by Gasteiger charge is -2.18. The summed E-state index contributed by atoms with van der Waals surface area (Å²) in [5, 5.41) is 0. The molecule has 0 aromatic carbocycles. The van der Waals surface area contributed by atoms with Crippen molar-refractivity contribution in [2.45, 2.75) is 272 Å². The van der Waals surface area contributed by atoms with Crippen molar-refractivity contribution in [1.82, 2.24) is 0 Å². The third-order valence-corrected chi connectivity index (χ3v) is 11.0. The molecular weight excluding hydrogens is 685 g/mol. The number of rotatable bonds is 43. The fraction of sp³-hybridized carbons (Fsp3) is 0.939. The van der Waals surface area contributed by atoms with Crippen LogP contribution in [-0.4, -0.2) is 37.2 Å². The number of carbonyl (C=O) groups excluding carboxylic acids is 3. The number of hydrogen-bond acceptors (Lipinski definition) is 6. The molecule has 0 bridgehead atoms. The fourth-order valence-electron chi connectivity index (χ4n) is 7.28. The first-order valence-electron chi connectivity index (χ1n) is 24.2. The topological polar surface area (TPSA) is 78.9 Å². The van der Waals surface area contributed by atoms with Crippen LogP contribution in [0.1, 0.15) is 266 Å². The van der Waals surface area contributed by atoms with E-state index in [4.69, 9.17) is 14.2 Å². The Balaban J connectivity index is 4.25. The average Bonchev–Trinajstić information content (AvgIpc) is 3.15. The molecule has 0 unspecified atom stereocenters. The molecule has 0 saturated carbocycles. The summed E-state index contributed by atoms with van der Waals surface area (Å²) in [6.45, 7) is 11.3. The summed E-state index contributed by atoms with van der Waals surface area (Å²) < 4.78 is 16.7. The van der Waals surface area contributed by atoms with Gasteiger partial charge >= 0.3 is 17.9 Å². The average molecular weight is 779 g/mol. The quantitative estimate of drug-likeness (QED) is 0.0348. The van der Waals surface area contributed by atoms with Crippen molar-refractivity contribution in [2.24, 2.45) is 11.8 Å². The van der Waals surface area contributed by atoms with Crippen molar-refractivity contribution in [3.63, 3.8) is 0 Å². The van der Waals surface area contributed by atoms with E-state index in [2.05, 4.69) is 34.6 Å². The van der Waals surface area contributed by atoms with E-state index in [1.807, 2.05) is 0 Å². The summed E-state index contributed by atoms with van der Waals surface area (Å²) in [7, 11) is 0. The Kier molecular flexibility index (Phi) is 40.8. The van der Waals surface area contributed by atoms with E-state index in [0.717, 1.165) is 69.6 Å². The highest BCUT2D eigenvalue weighted by Gasteiger charge is 2.19. The van der Waals surface area contributed by atoms with E-state index < -0.39 is 6.10 Å². The number of ether oxygens (including phenoxy) is 3. The van der Waals surface area contributed by atoms with Gasteiger partial charge in [0.15, 0.2) is 6.10 Å². The van der Waals surface area contributed by atoms with Gasteiger partial charge < -0.3 is 14.2 Å². The number of carbonyl (C=O) groups is 3. The van der Waals surface area contributed by atoms with E-state index in [0.29, 0.717) is 19.3 Å². The molecule has 0 rings (SSSR count). The number of unbranched alkanes of at least 4 members (excludes halogenated alkanes) is 28. The van der Waals surface area contributed by atoms with Crippen molar-refractivity contribution in [2.75, 3.05) is 13.2 Å². The van der Waals surface area contributed by atoms with Gasteiger partial charge in [0.1, 0.15) is 13.2 Å². The molecule has 0 amide bonds. The molecule has 326 valence electrons. The lowest BCUT2D eigenvalue weighted by molar-refractivity contribution is -0.167. The Morgan fingerprint density at radius 1 is 0.345 bits per heavy atom. The zero-order valence-electron chi connectivity index (χ0n) is 37.6.